The normalized spacial score (nSPS) is 4.62. The maximum Gasteiger partial charge on any atom is 0.317 e. The van der Waals surface area contributed by atoms with Gasteiger partial charge in [0.05, 0.1) is 6.54 Å². The van der Waals surface area contributed by atoms with Crippen molar-refractivity contribution in [1.82, 2.24) is 0 Å². The lowest BCUT2D eigenvalue weighted by Crippen LogP contribution is -2.10. The lowest BCUT2D eigenvalue weighted by Gasteiger charge is -1.73. The average molecular weight is 138 g/mol. The molecule has 0 atom stereocenters. The number of aliphatic carboxylic acids is 1. The molecule has 5 nitrogen and oxygen atoms in total. The summed E-state index contributed by atoms with van der Waals surface area (Å²) in [6.07, 6.45) is 0. The van der Waals surface area contributed by atoms with E-state index >= 15 is 0 Å². The minimum Gasteiger partial charge on any atom is -0.480 e. The van der Waals surface area contributed by atoms with Crippen LogP contribution in [0.5, 0.6) is 0 Å². The predicted molar refractivity (Wildman–Crippen MR) is 29.7 cm³/mol. The van der Waals surface area contributed by atoms with E-state index < -0.39 is 5.97 Å². The molecule has 0 saturated heterocycles. The molecule has 0 rings (SSSR count). The molecule has 3 radical (unpaired) electrons. The third-order valence-electron chi connectivity index (χ3n) is 0.175. The summed E-state index contributed by atoms with van der Waals surface area (Å²) >= 11 is 0. The van der Waals surface area contributed by atoms with E-state index in [0.29, 0.717) is 0 Å². The SMILES string of the molecule is NCC(=O)O.O.O.[Al]. The van der Waals surface area contributed by atoms with E-state index in [1.165, 1.54) is 0 Å². The van der Waals surface area contributed by atoms with Gasteiger partial charge in [-0.2, -0.15) is 0 Å². The first-order valence-corrected chi connectivity index (χ1v) is 1.19. The van der Waals surface area contributed by atoms with Crippen LogP contribution in [0.2, 0.25) is 0 Å². The summed E-state index contributed by atoms with van der Waals surface area (Å²) in [7, 11) is 0. The zero-order valence-corrected chi connectivity index (χ0v) is 5.37. The summed E-state index contributed by atoms with van der Waals surface area (Å²) in [5, 5.41) is 7.60. The number of hydrogen-bond donors (Lipinski definition) is 2. The molecule has 0 aromatic rings. The van der Waals surface area contributed by atoms with Gasteiger partial charge < -0.3 is 21.8 Å². The summed E-state index contributed by atoms with van der Waals surface area (Å²) in [4.78, 5) is 9.24. The molecule has 0 saturated carbocycles. The molecule has 0 heterocycles. The Morgan fingerprint density at radius 2 is 1.62 bits per heavy atom. The molecule has 6 heteroatoms. The van der Waals surface area contributed by atoms with Gasteiger partial charge in [-0.15, -0.1) is 0 Å². The maximum atomic E-state index is 9.24. The van der Waals surface area contributed by atoms with Crippen LogP contribution in [-0.4, -0.2) is 45.9 Å². The molecule has 0 aliphatic heterocycles. The topological polar surface area (TPSA) is 126 Å². The quantitative estimate of drug-likeness (QED) is 0.375. The second-order valence-corrected chi connectivity index (χ2v) is 0.598. The fourth-order valence-corrected chi connectivity index (χ4v) is 0. The molecule has 0 bridgehead atoms. The molecule has 0 unspecified atom stereocenters. The second kappa shape index (κ2) is 15.8. The lowest BCUT2D eigenvalue weighted by molar-refractivity contribution is -0.135. The van der Waals surface area contributed by atoms with Crippen molar-refractivity contribution in [3.63, 3.8) is 0 Å². The van der Waals surface area contributed by atoms with Gasteiger partial charge in [0.1, 0.15) is 0 Å². The van der Waals surface area contributed by atoms with Crippen molar-refractivity contribution in [2.75, 3.05) is 6.54 Å². The van der Waals surface area contributed by atoms with E-state index in [0.717, 1.165) is 0 Å². The van der Waals surface area contributed by atoms with Crippen LogP contribution in [0.4, 0.5) is 0 Å². The Kier molecular flexibility index (Phi) is 48.9. The maximum absolute atomic E-state index is 9.24. The van der Waals surface area contributed by atoms with Crippen molar-refractivity contribution in [1.29, 1.82) is 0 Å². The van der Waals surface area contributed by atoms with Crippen LogP contribution in [0.15, 0.2) is 0 Å². The smallest absolute Gasteiger partial charge is 0.317 e. The number of hydrogen-bond acceptors (Lipinski definition) is 2. The van der Waals surface area contributed by atoms with Crippen molar-refractivity contribution in [3.8, 4) is 0 Å². The van der Waals surface area contributed by atoms with E-state index in [2.05, 4.69) is 5.73 Å². The Morgan fingerprint density at radius 3 is 1.62 bits per heavy atom. The number of nitrogens with two attached hydrogens (primary N) is 1. The van der Waals surface area contributed by atoms with Crippen LogP contribution in [0.1, 0.15) is 0 Å². The molecule has 0 fully saturated rings. The first kappa shape index (κ1) is 24.8. The third-order valence-corrected chi connectivity index (χ3v) is 0.175. The highest BCUT2D eigenvalue weighted by molar-refractivity contribution is 5.75. The Bertz CT molecular complexity index is 49.3. The first-order chi connectivity index (χ1) is 2.27. The van der Waals surface area contributed by atoms with Gasteiger partial charge in [-0.1, -0.05) is 0 Å². The van der Waals surface area contributed by atoms with Gasteiger partial charge in [0, 0.05) is 17.4 Å². The minimum atomic E-state index is -0.968. The molecule has 0 aliphatic carbocycles. The zero-order valence-electron chi connectivity index (χ0n) is 4.22. The summed E-state index contributed by atoms with van der Waals surface area (Å²) in [6.45, 7) is -0.278. The highest BCUT2D eigenvalue weighted by atomic mass is 27.0. The van der Waals surface area contributed by atoms with Gasteiger partial charge in [-0.05, 0) is 0 Å². The molecule has 0 aromatic carbocycles. The van der Waals surface area contributed by atoms with E-state index in [1.807, 2.05) is 0 Å². The monoisotopic (exact) mass is 138 g/mol. The summed E-state index contributed by atoms with van der Waals surface area (Å²) in [5.41, 5.74) is 4.57. The van der Waals surface area contributed by atoms with Crippen LogP contribution >= 0.6 is 0 Å². The van der Waals surface area contributed by atoms with Crippen LogP contribution < -0.4 is 5.73 Å². The molecule has 8 heavy (non-hydrogen) atoms. The van der Waals surface area contributed by atoms with Crippen LogP contribution in [-0.2, 0) is 4.79 Å². The number of rotatable bonds is 1. The van der Waals surface area contributed by atoms with Crippen molar-refractivity contribution in [2.24, 2.45) is 5.73 Å². The standard InChI is InChI=1S/C2H5NO2.Al.2H2O/c3-1-2(4)5;;;/h1,3H2,(H,4,5);;2*1H2. The van der Waals surface area contributed by atoms with Gasteiger partial charge in [-0.3, -0.25) is 4.79 Å². The van der Waals surface area contributed by atoms with E-state index in [-0.39, 0.29) is 34.9 Å². The van der Waals surface area contributed by atoms with Gasteiger partial charge in [-0.25, -0.2) is 0 Å². The number of carboxylic acids is 1. The van der Waals surface area contributed by atoms with Gasteiger partial charge in [0.2, 0.25) is 0 Å². The van der Waals surface area contributed by atoms with Gasteiger partial charge in [0.25, 0.3) is 0 Å². The molecule has 0 aliphatic rings. The largest absolute Gasteiger partial charge is 0.480 e. The molecule has 0 amide bonds. The van der Waals surface area contributed by atoms with Gasteiger partial charge in [0.15, 0.2) is 0 Å². The summed E-state index contributed by atoms with van der Waals surface area (Å²) in [5.74, 6) is -0.968. The molecule has 0 aromatic heterocycles. The van der Waals surface area contributed by atoms with E-state index in [4.69, 9.17) is 5.11 Å². The number of carbonyl (C=O) groups is 1. The fraction of sp³-hybridized carbons (Fsp3) is 0.500. The predicted octanol–water partition coefficient (Wildman–Crippen LogP) is -3.00. The van der Waals surface area contributed by atoms with Gasteiger partial charge >= 0.3 is 5.97 Å². The van der Waals surface area contributed by atoms with E-state index in [1.54, 1.807) is 0 Å². The summed E-state index contributed by atoms with van der Waals surface area (Å²) in [6, 6.07) is 0. The number of carboxylic acid groups (broad SMARTS) is 1. The third kappa shape index (κ3) is 39.6. The summed E-state index contributed by atoms with van der Waals surface area (Å²) < 4.78 is 0. The minimum absolute atomic E-state index is 0. The fourth-order valence-electron chi connectivity index (χ4n) is 0. The first-order valence-electron chi connectivity index (χ1n) is 1.19. The van der Waals surface area contributed by atoms with Crippen LogP contribution in [0, 0.1) is 0 Å². The molecule has 7 N–H and O–H groups in total. The zero-order chi connectivity index (χ0) is 4.28. The Balaban J connectivity index is -0.0000000267. The Labute approximate surface area is 57.2 Å². The van der Waals surface area contributed by atoms with Crippen LogP contribution in [0.3, 0.4) is 0 Å². The highest BCUT2D eigenvalue weighted by Crippen LogP contribution is 1.43. The Morgan fingerprint density at radius 1 is 1.50 bits per heavy atom. The second-order valence-electron chi connectivity index (χ2n) is 0.598. The van der Waals surface area contributed by atoms with E-state index in [9.17, 15) is 4.79 Å². The van der Waals surface area contributed by atoms with Crippen LogP contribution in [0.25, 0.3) is 0 Å². The highest BCUT2D eigenvalue weighted by Gasteiger charge is 1.81. The molecule has 0 spiro atoms. The van der Waals surface area contributed by atoms with Crippen molar-refractivity contribution >= 4 is 23.3 Å². The Hall–Kier alpha value is -0.118. The van der Waals surface area contributed by atoms with Crippen molar-refractivity contribution < 1.29 is 20.9 Å². The van der Waals surface area contributed by atoms with Crippen molar-refractivity contribution in [3.05, 3.63) is 0 Å². The lowest BCUT2D eigenvalue weighted by atomic mass is 10.7. The van der Waals surface area contributed by atoms with Crippen molar-refractivity contribution in [2.45, 2.75) is 0 Å². The molecular weight excluding hydrogens is 129 g/mol. The molecule has 49 valence electrons. The molecular formula is C2H9AlNO4. The average Bonchev–Trinajstić information content (AvgIpc) is 1.38.